The molecule has 2 unspecified atom stereocenters. The smallest absolute Gasteiger partial charge is 0.165 e. The van der Waals surface area contributed by atoms with Crippen LogP contribution >= 0.6 is 0 Å². The van der Waals surface area contributed by atoms with E-state index in [2.05, 4.69) is 0 Å². The van der Waals surface area contributed by atoms with E-state index < -0.39 is 12.2 Å². The molecule has 0 bridgehead atoms. The highest BCUT2D eigenvalue weighted by atomic mass is 16.3. The molecule has 0 aliphatic heterocycles. The zero-order chi connectivity index (χ0) is 12.6. The van der Waals surface area contributed by atoms with Crippen molar-refractivity contribution in [1.29, 1.82) is 0 Å². The van der Waals surface area contributed by atoms with Gasteiger partial charge in [-0.1, -0.05) is 13.8 Å². The molecule has 4 nitrogen and oxygen atoms in total. The van der Waals surface area contributed by atoms with Crippen LogP contribution in [0, 0.1) is 0 Å². The van der Waals surface area contributed by atoms with Gasteiger partial charge in [0.2, 0.25) is 0 Å². The van der Waals surface area contributed by atoms with Crippen molar-refractivity contribution in [2.45, 2.75) is 51.7 Å². The summed E-state index contributed by atoms with van der Waals surface area (Å²) in [6, 6.07) is 0. The van der Waals surface area contributed by atoms with Gasteiger partial charge >= 0.3 is 0 Å². The molecule has 0 saturated heterocycles. The second kappa shape index (κ2) is 8.19. The van der Waals surface area contributed by atoms with E-state index in [1.165, 1.54) is 12.2 Å². The van der Waals surface area contributed by atoms with Crippen molar-refractivity contribution < 1.29 is 19.8 Å². The summed E-state index contributed by atoms with van der Waals surface area (Å²) in [5, 5.41) is 18.7. The van der Waals surface area contributed by atoms with E-state index in [1.807, 2.05) is 13.8 Å². The van der Waals surface area contributed by atoms with Gasteiger partial charge in [0.05, 0.1) is 0 Å². The lowest BCUT2D eigenvalue weighted by Gasteiger charge is -2.05. The van der Waals surface area contributed by atoms with Crippen LogP contribution < -0.4 is 0 Å². The molecule has 0 aromatic rings. The Kier molecular flexibility index (Phi) is 7.68. The maximum Gasteiger partial charge on any atom is 0.165 e. The van der Waals surface area contributed by atoms with Crippen molar-refractivity contribution in [2.75, 3.05) is 0 Å². The summed E-state index contributed by atoms with van der Waals surface area (Å²) >= 11 is 0. The van der Waals surface area contributed by atoms with Crippen molar-refractivity contribution in [1.82, 2.24) is 0 Å². The minimum Gasteiger partial charge on any atom is -0.381 e. The first-order valence-corrected chi connectivity index (χ1v) is 5.62. The van der Waals surface area contributed by atoms with Gasteiger partial charge in [0.25, 0.3) is 0 Å². The lowest BCUT2D eigenvalue weighted by atomic mass is 10.1. The third-order valence-electron chi connectivity index (χ3n) is 2.13. The van der Waals surface area contributed by atoms with Crippen LogP contribution in [0.25, 0.3) is 0 Å². The van der Waals surface area contributed by atoms with Crippen molar-refractivity contribution in [3.63, 3.8) is 0 Å². The molecule has 0 amide bonds. The van der Waals surface area contributed by atoms with Crippen LogP contribution in [0.3, 0.4) is 0 Å². The van der Waals surface area contributed by atoms with E-state index in [0.29, 0.717) is 25.7 Å². The number of aliphatic hydroxyl groups excluding tert-OH is 2. The quantitative estimate of drug-likeness (QED) is 0.608. The van der Waals surface area contributed by atoms with Crippen LogP contribution in [-0.4, -0.2) is 34.0 Å². The molecule has 0 saturated carbocycles. The largest absolute Gasteiger partial charge is 0.381 e. The predicted octanol–water partition coefficient (Wildman–Crippen LogP) is 1.00. The summed E-state index contributed by atoms with van der Waals surface area (Å²) in [5.74, 6) is -0.595. The Hall–Kier alpha value is -1.00. The van der Waals surface area contributed by atoms with Gasteiger partial charge in [-0.3, -0.25) is 9.59 Å². The number of Topliss-reactive ketones (excluding diaryl/α,β-unsaturated/α-hetero) is 2. The predicted molar refractivity (Wildman–Crippen MR) is 61.0 cm³/mol. The summed E-state index contributed by atoms with van der Waals surface area (Å²) in [6.07, 6.45) is 1.84. The van der Waals surface area contributed by atoms with Gasteiger partial charge in [-0.25, -0.2) is 0 Å². The zero-order valence-electron chi connectivity index (χ0n) is 9.85. The van der Waals surface area contributed by atoms with E-state index in [9.17, 15) is 19.8 Å². The fourth-order valence-corrected chi connectivity index (χ4v) is 1.21. The van der Waals surface area contributed by atoms with Gasteiger partial charge in [0, 0.05) is 12.8 Å². The van der Waals surface area contributed by atoms with Crippen LogP contribution in [0.4, 0.5) is 0 Å². The summed E-state index contributed by atoms with van der Waals surface area (Å²) < 4.78 is 0. The number of hydrogen-bond acceptors (Lipinski definition) is 4. The summed E-state index contributed by atoms with van der Waals surface area (Å²) in [7, 11) is 0. The molecular weight excluding hydrogens is 208 g/mol. The minimum atomic E-state index is -1.22. The van der Waals surface area contributed by atoms with E-state index >= 15 is 0 Å². The molecule has 0 rings (SSSR count). The number of rotatable bonds is 8. The van der Waals surface area contributed by atoms with Crippen molar-refractivity contribution in [3.05, 3.63) is 12.2 Å². The maximum absolute atomic E-state index is 11.2. The fourth-order valence-electron chi connectivity index (χ4n) is 1.21. The Balaban J connectivity index is 4.15. The van der Waals surface area contributed by atoms with Crippen LogP contribution in [0.15, 0.2) is 12.2 Å². The average Bonchev–Trinajstić information content (AvgIpc) is 2.25. The summed E-state index contributed by atoms with van der Waals surface area (Å²) in [4.78, 5) is 22.4. The number of ketones is 2. The highest BCUT2D eigenvalue weighted by Crippen LogP contribution is 2.01. The Morgan fingerprint density at radius 3 is 1.50 bits per heavy atom. The first kappa shape index (κ1) is 15.0. The molecule has 0 heterocycles. The maximum atomic E-state index is 11.2. The van der Waals surface area contributed by atoms with Crippen molar-refractivity contribution in [3.8, 4) is 0 Å². The van der Waals surface area contributed by atoms with E-state index in [4.69, 9.17) is 0 Å². The Morgan fingerprint density at radius 2 is 1.25 bits per heavy atom. The SMILES string of the molecule is CCCC(=O)C(O)C=CC(O)C(=O)CCC. The first-order chi connectivity index (χ1) is 7.52. The van der Waals surface area contributed by atoms with Gasteiger partial charge < -0.3 is 10.2 Å². The van der Waals surface area contributed by atoms with Crippen molar-refractivity contribution in [2.24, 2.45) is 0 Å². The summed E-state index contributed by atoms with van der Waals surface area (Å²) in [5.41, 5.74) is 0. The lowest BCUT2D eigenvalue weighted by Crippen LogP contribution is -2.21. The molecule has 0 fully saturated rings. The van der Waals surface area contributed by atoms with Gasteiger partial charge in [-0.15, -0.1) is 0 Å². The molecular formula is C12H20O4. The Bertz CT molecular complexity index is 232. The van der Waals surface area contributed by atoms with Crippen molar-refractivity contribution >= 4 is 11.6 Å². The molecule has 0 spiro atoms. The van der Waals surface area contributed by atoms with Gasteiger partial charge in [-0.05, 0) is 25.0 Å². The third kappa shape index (κ3) is 5.78. The zero-order valence-corrected chi connectivity index (χ0v) is 9.85. The topological polar surface area (TPSA) is 74.6 Å². The second-order valence-corrected chi connectivity index (χ2v) is 3.71. The van der Waals surface area contributed by atoms with E-state index in [1.54, 1.807) is 0 Å². The number of hydrogen-bond donors (Lipinski definition) is 2. The van der Waals surface area contributed by atoms with Gasteiger partial charge in [0.1, 0.15) is 12.2 Å². The molecule has 2 N–H and O–H groups in total. The minimum absolute atomic E-state index is 0.296. The highest BCUT2D eigenvalue weighted by molar-refractivity contribution is 5.86. The average molecular weight is 228 g/mol. The van der Waals surface area contributed by atoms with Crippen LogP contribution in [0.5, 0.6) is 0 Å². The standard InChI is InChI=1S/C12H20O4/c1-3-5-9(13)11(15)7-8-12(16)10(14)6-4-2/h7-8,11-12,15-16H,3-6H2,1-2H3. The Labute approximate surface area is 96.0 Å². The van der Waals surface area contributed by atoms with E-state index in [-0.39, 0.29) is 11.6 Å². The molecule has 0 radical (unpaired) electrons. The molecule has 92 valence electrons. The molecule has 4 heteroatoms. The monoisotopic (exact) mass is 228 g/mol. The second-order valence-electron chi connectivity index (χ2n) is 3.71. The van der Waals surface area contributed by atoms with Gasteiger partial charge in [-0.2, -0.15) is 0 Å². The van der Waals surface area contributed by atoms with Crippen LogP contribution in [0.1, 0.15) is 39.5 Å². The highest BCUT2D eigenvalue weighted by Gasteiger charge is 2.13. The normalized spacial score (nSPS) is 15.0. The molecule has 0 aliphatic rings. The molecule has 16 heavy (non-hydrogen) atoms. The number of aliphatic hydroxyl groups is 2. The molecule has 0 aromatic carbocycles. The molecule has 2 atom stereocenters. The molecule has 0 aromatic heterocycles. The first-order valence-electron chi connectivity index (χ1n) is 5.62. The fraction of sp³-hybridized carbons (Fsp3) is 0.667. The Morgan fingerprint density at radius 1 is 0.938 bits per heavy atom. The van der Waals surface area contributed by atoms with Gasteiger partial charge in [0.15, 0.2) is 11.6 Å². The van der Waals surface area contributed by atoms with Crippen LogP contribution in [0.2, 0.25) is 0 Å². The third-order valence-corrected chi connectivity index (χ3v) is 2.13. The van der Waals surface area contributed by atoms with E-state index in [0.717, 1.165) is 0 Å². The molecule has 0 aliphatic carbocycles. The number of carbonyl (C=O) groups is 2. The number of carbonyl (C=O) groups excluding carboxylic acids is 2. The summed E-state index contributed by atoms with van der Waals surface area (Å²) in [6.45, 7) is 3.68. The lowest BCUT2D eigenvalue weighted by molar-refractivity contribution is -0.126. The van der Waals surface area contributed by atoms with Crippen LogP contribution in [-0.2, 0) is 9.59 Å².